The summed E-state index contributed by atoms with van der Waals surface area (Å²) in [5, 5.41) is 19.5. The van der Waals surface area contributed by atoms with E-state index < -0.39 is 55.1 Å². The van der Waals surface area contributed by atoms with Crippen molar-refractivity contribution in [3.63, 3.8) is 0 Å². The number of alkyl halides is 1. The second-order valence-corrected chi connectivity index (χ2v) is 10.0. The third-order valence-corrected chi connectivity index (χ3v) is 6.17. The molecule has 0 aliphatic rings. The number of hydrogen-bond acceptors (Lipinski definition) is 7. The molecule has 12 heteroatoms. The summed E-state index contributed by atoms with van der Waals surface area (Å²) in [6.07, 6.45) is -0.348. The van der Waals surface area contributed by atoms with Gasteiger partial charge in [-0.1, -0.05) is 74.5 Å². The van der Waals surface area contributed by atoms with E-state index in [1.165, 1.54) is 0 Å². The van der Waals surface area contributed by atoms with Gasteiger partial charge in [-0.2, -0.15) is 0 Å². The first-order valence-electron chi connectivity index (χ1n) is 13.2. The van der Waals surface area contributed by atoms with Gasteiger partial charge in [0.15, 0.2) is 5.78 Å². The zero-order valence-electron chi connectivity index (χ0n) is 23.1. The summed E-state index contributed by atoms with van der Waals surface area (Å²) < 4.78 is 5.23. The molecule has 2 rings (SSSR count). The number of hydrogen-bond donors (Lipinski definition) is 5. The fraction of sp³-hybridized carbons (Fsp3) is 0.414. The highest BCUT2D eigenvalue weighted by Gasteiger charge is 2.27. The maximum Gasteiger partial charge on any atom is 0.408 e. The lowest BCUT2D eigenvalue weighted by atomic mass is 10.0. The quantitative estimate of drug-likeness (QED) is 0.185. The first kappa shape index (κ1) is 33.2. The average molecular weight is 589 g/mol. The Hall–Kier alpha value is -3.96. The molecule has 0 spiro atoms. The Kier molecular flexibility index (Phi) is 14.3. The summed E-state index contributed by atoms with van der Waals surface area (Å²) in [4.78, 5) is 62.7. The SMILES string of the molecule is CC(C)C[C@H](NC(=O)[C@H](CO)NC(=O)CNC(=O)[C@H](Cc1ccccc1)NC(=O)OCc1ccccc1)C(=O)CCl. The highest BCUT2D eigenvalue weighted by molar-refractivity contribution is 6.28. The topological polar surface area (TPSA) is 163 Å². The second-order valence-electron chi connectivity index (χ2n) is 9.76. The molecule has 0 saturated heterocycles. The summed E-state index contributed by atoms with van der Waals surface area (Å²) >= 11 is 5.64. The molecule has 0 aliphatic carbocycles. The Morgan fingerprint density at radius 3 is 1.98 bits per heavy atom. The Morgan fingerprint density at radius 1 is 0.805 bits per heavy atom. The van der Waals surface area contributed by atoms with Crippen LogP contribution in [0.15, 0.2) is 60.7 Å². The van der Waals surface area contributed by atoms with Crippen LogP contribution >= 0.6 is 11.6 Å². The third-order valence-electron chi connectivity index (χ3n) is 5.91. The minimum atomic E-state index is -1.36. The van der Waals surface area contributed by atoms with Crippen LogP contribution in [0.2, 0.25) is 0 Å². The lowest BCUT2D eigenvalue weighted by Crippen LogP contribution is -2.55. The predicted molar refractivity (Wildman–Crippen MR) is 153 cm³/mol. The van der Waals surface area contributed by atoms with E-state index in [0.717, 1.165) is 11.1 Å². The van der Waals surface area contributed by atoms with Gasteiger partial charge in [0.05, 0.1) is 25.1 Å². The van der Waals surface area contributed by atoms with Crippen molar-refractivity contribution >= 4 is 41.2 Å². The Morgan fingerprint density at radius 2 is 1.41 bits per heavy atom. The Balaban J connectivity index is 1.96. The summed E-state index contributed by atoms with van der Waals surface area (Å²) in [5.74, 6) is -2.78. The van der Waals surface area contributed by atoms with E-state index in [-0.39, 0.29) is 30.6 Å². The molecular weight excluding hydrogens is 552 g/mol. The maximum absolute atomic E-state index is 13.0. The molecule has 0 heterocycles. The van der Waals surface area contributed by atoms with Crippen LogP contribution in [-0.4, -0.2) is 71.9 Å². The van der Waals surface area contributed by atoms with E-state index in [4.69, 9.17) is 16.3 Å². The number of ether oxygens (including phenoxy) is 1. The van der Waals surface area contributed by atoms with Crippen molar-refractivity contribution in [1.82, 2.24) is 21.3 Å². The minimum absolute atomic E-state index is 0.00782. The van der Waals surface area contributed by atoms with Crippen molar-refractivity contribution in [2.45, 2.75) is 51.4 Å². The van der Waals surface area contributed by atoms with Gasteiger partial charge in [-0.05, 0) is 23.5 Å². The second kappa shape index (κ2) is 17.7. The van der Waals surface area contributed by atoms with Crippen LogP contribution < -0.4 is 21.3 Å². The fourth-order valence-electron chi connectivity index (χ4n) is 3.80. The lowest BCUT2D eigenvalue weighted by molar-refractivity contribution is -0.132. The van der Waals surface area contributed by atoms with Gasteiger partial charge in [-0.15, -0.1) is 11.6 Å². The van der Waals surface area contributed by atoms with E-state index >= 15 is 0 Å². The van der Waals surface area contributed by atoms with Crippen LogP contribution in [-0.2, 0) is 36.9 Å². The molecule has 11 nitrogen and oxygen atoms in total. The number of benzene rings is 2. The van der Waals surface area contributed by atoms with Crippen LogP contribution in [0.5, 0.6) is 0 Å². The van der Waals surface area contributed by atoms with E-state index in [2.05, 4.69) is 21.3 Å². The molecule has 0 bridgehead atoms. The smallest absolute Gasteiger partial charge is 0.408 e. The van der Waals surface area contributed by atoms with Crippen LogP contribution in [0, 0.1) is 5.92 Å². The molecule has 3 atom stereocenters. The molecule has 222 valence electrons. The molecule has 0 aromatic heterocycles. The number of halogens is 1. The first-order chi connectivity index (χ1) is 19.6. The zero-order chi connectivity index (χ0) is 30.2. The highest BCUT2D eigenvalue weighted by atomic mass is 35.5. The Labute approximate surface area is 244 Å². The Bertz CT molecular complexity index is 1150. The van der Waals surface area contributed by atoms with Gasteiger partial charge in [0.1, 0.15) is 18.7 Å². The summed E-state index contributed by atoms with van der Waals surface area (Å²) in [7, 11) is 0. The summed E-state index contributed by atoms with van der Waals surface area (Å²) in [5.41, 5.74) is 1.54. The van der Waals surface area contributed by atoms with Crippen molar-refractivity contribution in [2.75, 3.05) is 19.0 Å². The van der Waals surface area contributed by atoms with Gasteiger partial charge in [-0.3, -0.25) is 19.2 Å². The number of aliphatic hydroxyl groups is 1. The van der Waals surface area contributed by atoms with E-state index in [9.17, 15) is 29.1 Å². The number of carbonyl (C=O) groups excluding carboxylic acids is 5. The summed E-state index contributed by atoms with van der Waals surface area (Å²) in [6, 6.07) is 14.7. The molecule has 0 fully saturated rings. The zero-order valence-corrected chi connectivity index (χ0v) is 23.9. The van der Waals surface area contributed by atoms with Crippen molar-refractivity contribution in [2.24, 2.45) is 5.92 Å². The molecule has 0 radical (unpaired) electrons. The monoisotopic (exact) mass is 588 g/mol. The number of rotatable bonds is 16. The van der Waals surface area contributed by atoms with E-state index in [0.29, 0.717) is 6.42 Å². The van der Waals surface area contributed by atoms with Gasteiger partial charge in [0, 0.05) is 6.42 Å². The van der Waals surface area contributed by atoms with Gasteiger partial charge in [-0.25, -0.2) is 4.79 Å². The van der Waals surface area contributed by atoms with Gasteiger partial charge >= 0.3 is 6.09 Å². The number of aliphatic hydroxyl groups excluding tert-OH is 1. The van der Waals surface area contributed by atoms with Gasteiger partial charge < -0.3 is 31.1 Å². The van der Waals surface area contributed by atoms with Crippen molar-refractivity contribution in [3.05, 3.63) is 71.8 Å². The maximum atomic E-state index is 13.0. The van der Waals surface area contributed by atoms with Crippen molar-refractivity contribution in [1.29, 1.82) is 0 Å². The summed E-state index contributed by atoms with van der Waals surface area (Å²) in [6.45, 7) is 2.48. The molecule has 0 aliphatic heterocycles. The van der Waals surface area contributed by atoms with Crippen LogP contribution in [0.25, 0.3) is 0 Å². The number of Topliss-reactive ketones (excluding diaryl/α,β-unsaturated/α-hetero) is 1. The van der Waals surface area contributed by atoms with Crippen LogP contribution in [0.4, 0.5) is 4.79 Å². The van der Waals surface area contributed by atoms with Crippen LogP contribution in [0.1, 0.15) is 31.4 Å². The number of ketones is 1. The highest BCUT2D eigenvalue weighted by Crippen LogP contribution is 2.08. The molecule has 41 heavy (non-hydrogen) atoms. The van der Waals surface area contributed by atoms with Gasteiger partial charge in [0.2, 0.25) is 17.7 Å². The van der Waals surface area contributed by atoms with Gasteiger partial charge in [0.25, 0.3) is 0 Å². The predicted octanol–water partition coefficient (Wildman–Crippen LogP) is 1.46. The molecule has 2 aromatic carbocycles. The van der Waals surface area contributed by atoms with Crippen LogP contribution in [0.3, 0.4) is 0 Å². The van der Waals surface area contributed by atoms with E-state index in [1.54, 1.807) is 36.4 Å². The van der Waals surface area contributed by atoms with Crippen molar-refractivity contribution in [3.8, 4) is 0 Å². The molecule has 0 saturated carbocycles. The fourth-order valence-corrected chi connectivity index (χ4v) is 3.99. The minimum Gasteiger partial charge on any atom is -0.445 e. The standard InChI is InChI=1S/C29H37ClN4O7/c1-19(2)13-22(25(36)15-30)33-28(39)24(17-35)32-26(37)16-31-27(38)23(14-20-9-5-3-6-10-20)34-29(40)41-18-21-11-7-4-8-12-21/h3-12,19,22-24,35H,13-18H2,1-2H3,(H,31,38)(H,32,37)(H,33,39)(H,34,40)/t22-,23-,24-/m0/s1. The average Bonchev–Trinajstić information content (AvgIpc) is 2.97. The van der Waals surface area contributed by atoms with Crippen molar-refractivity contribution < 1.29 is 33.8 Å². The lowest BCUT2D eigenvalue weighted by Gasteiger charge is -2.23. The number of carbonyl (C=O) groups is 5. The normalized spacial score (nSPS) is 12.9. The first-order valence-corrected chi connectivity index (χ1v) is 13.7. The molecular formula is C29H37ClN4O7. The largest absolute Gasteiger partial charge is 0.445 e. The number of alkyl carbamates (subject to hydrolysis) is 1. The number of amides is 4. The molecule has 0 unspecified atom stereocenters. The molecule has 5 N–H and O–H groups in total. The molecule has 4 amide bonds. The molecule has 2 aromatic rings. The van der Waals surface area contributed by atoms with E-state index in [1.807, 2.05) is 38.1 Å². The third kappa shape index (κ3) is 12.4. The number of nitrogens with one attached hydrogen (secondary N) is 4.